The van der Waals surface area contributed by atoms with Gasteiger partial charge in [0, 0.05) is 5.39 Å². The van der Waals surface area contributed by atoms with Crippen LogP contribution in [0.15, 0.2) is 39.8 Å². The van der Waals surface area contributed by atoms with Crippen molar-refractivity contribution in [1.82, 2.24) is 4.72 Å². The van der Waals surface area contributed by atoms with Crippen molar-refractivity contribution in [2.24, 2.45) is 5.92 Å². The number of benzene rings is 1. The molecule has 2 rings (SSSR count). The molecule has 0 fully saturated rings. The summed E-state index contributed by atoms with van der Waals surface area (Å²) >= 11 is 0. The fourth-order valence-electron chi connectivity index (χ4n) is 1.88. The lowest BCUT2D eigenvalue weighted by atomic mass is 10.1. The van der Waals surface area contributed by atoms with Crippen molar-refractivity contribution in [3.8, 4) is 0 Å². The van der Waals surface area contributed by atoms with Gasteiger partial charge in [0.05, 0.1) is 6.26 Å². The van der Waals surface area contributed by atoms with E-state index in [0.29, 0.717) is 5.39 Å². The Hall–Kier alpha value is -1.86. The van der Waals surface area contributed by atoms with Crippen LogP contribution in [0.5, 0.6) is 0 Å². The van der Waals surface area contributed by atoms with Crippen LogP contribution in [0.1, 0.15) is 13.8 Å². The summed E-state index contributed by atoms with van der Waals surface area (Å²) in [6.45, 7) is 3.27. The van der Waals surface area contributed by atoms with E-state index in [1.165, 1.54) is 12.3 Å². The number of carboxylic acids is 1. The maximum absolute atomic E-state index is 12.3. The smallest absolute Gasteiger partial charge is 0.322 e. The van der Waals surface area contributed by atoms with E-state index in [1.54, 1.807) is 32.0 Å². The highest BCUT2D eigenvalue weighted by molar-refractivity contribution is 7.89. The molecule has 0 radical (unpaired) electrons. The Morgan fingerprint density at radius 3 is 2.60 bits per heavy atom. The Morgan fingerprint density at radius 2 is 2.00 bits per heavy atom. The molecule has 0 amide bonds. The van der Waals surface area contributed by atoms with Gasteiger partial charge in [-0.15, -0.1) is 0 Å². The fourth-order valence-corrected chi connectivity index (χ4v) is 3.38. The predicted molar refractivity (Wildman–Crippen MR) is 72.8 cm³/mol. The molecule has 0 saturated carbocycles. The van der Waals surface area contributed by atoms with E-state index in [4.69, 9.17) is 9.52 Å². The lowest BCUT2D eigenvalue weighted by Crippen LogP contribution is -2.44. The van der Waals surface area contributed by atoms with Gasteiger partial charge in [-0.25, -0.2) is 8.42 Å². The summed E-state index contributed by atoms with van der Waals surface area (Å²) in [5.74, 6) is -1.59. The molecule has 20 heavy (non-hydrogen) atoms. The molecule has 0 unspecified atom stereocenters. The first-order valence-corrected chi connectivity index (χ1v) is 7.52. The minimum atomic E-state index is -3.97. The summed E-state index contributed by atoms with van der Waals surface area (Å²) in [7, 11) is -3.97. The molecular weight excluding hydrogens is 282 g/mol. The van der Waals surface area contributed by atoms with Crippen LogP contribution in [-0.4, -0.2) is 25.5 Å². The van der Waals surface area contributed by atoms with E-state index < -0.39 is 22.0 Å². The lowest BCUT2D eigenvalue weighted by molar-refractivity contribution is -0.140. The van der Waals surface area contributed by atoms with Crippen molar-refractivity contribution in [2.45, 2.75) is 24.8 Å². The molecule has 108 valence electrons. The topological polar surface area (TPSA) is 96.6 Å². The first-order chi connectivity index (χ1) is 9.33. The van der Waals surface area contributed by atoms with Gasteiger partial charge in [-0.2, -0.15) is 4.72 Å². The first kappa shape index (κ1) is 14.5. The third-order valence-electron chi connectivity index (χ3n) is 2.95. The molecule has 6 nitrogen and oxygen atoms in total. The molecule has 1 aromatic carbocycles. The second kappa shape index (κ2) is 5.26. The number of aliphatic carboxylic acids is 1. The zero-order chi connectivity index (χ0) is 14.9. The molecule has 0 aliphatic carbocycles. The maximum atomic E-state index is 12.3. The largest absolute Gasteiger partial charge is 0.480 e. The Kier molecular flexibility index (Phi) is 3.82. The van der Waals surface area contributed by atoms with Crippen LogP contribution in [0.4, 0.5) is 0 Å². The highest BCUT2D eigenvalue weighted by Gasteiger charge is 2.29. The number of hydrogen-bond donors (Lipinski definition) is 2. The number of furan rings is 1. The van der Waals surface area contributed by atoms with Crippen LogP contribution in [-0.2, 0) is 14.8 Å². The number of carbonyl (C=O) groups is 1. The summed E-state index contributed by atoms with van der Waals surface area (Å²) in [6, 6.07) is 5.14. The monoisotopic (exact) mass is 297 g/mol. The molecule has 0 aliphatic rings. The van der Waals surface area contributed by atoms with Crippen molar-refractivity contribution in [3.63, 3.8) is 0 Å². The molecule has 0 spiro atoms. The lowest BCUT2D eigenvalue weighted by Gasteiger charge is -2.17. The number of rotatable bonds is 5. The molecule has 0 bridgehead atoms. The molecule has 2 aromatic rings. The van der Waals surface area contributed by atoms with Crippen LogP contribution >= 0.6 is 0 Å². The van der Waals surface area contributed by atoms with Gasteiger partial charge in [0.2, 0.25) is 10.0 Å². The molecule has 2 N–H and O–H groups in total. The van der Waals surface area contributed by atoms with Gasteiger partial charge in [-0.3, -0.25) is 4.79 Å². The van der Waals surface area contributed by atoms with E-state index in [2.05, 4.69) is 4.72 Å². The molecule has 1 atom stereocenters. The van der Waals surface area contributed by atoms with Gasteiger partial charge in [0.15, 0.2) is 5.58 Å². The van der Waals surface area contributed by atoms with E-state index >= 15 is 0 Å². The van der Waals surface area contributed by atoms with Crippen LogP contribution < -0.4 is 4.72 Å². The Bertz CT molecular complexity index is 732. The summed E-state index contributed by atoms with van der Waals surface area (Å²) in [6.07, 6.45) is 1.39. The summed E-state index contributed by atoms with van der Waals surface area (Å²) < 4.78 is 32.0. The zero-order valence-electron chi connectivity index (χ0n) is 11.0. The van der Waals surface area contributed by atoms with Gasteiger partial charge in [-0.1, -0.05) is 26.0 Å². The van der Waals surface area contributed by atoms with Gasteiger partial charge >= 0.3 is 5.97 Å². The number of carboxylic acid groups (broad SMARTS) is 1. The average molecular weight is 297 g/mol. The van der Waals surface area contributed by atoms with Gasteiger partial charge in [-0.05, 0) is 18.1 Å². The molecular formula is C13H15NO5S. The molecule has 1 heterocycles. The van der Waals surface area contributed by atoms with Crippen molar-refractivity contribution >= 4 is 27.0 Å². The standard InChI is InChI=1S/C13H15NO5S/c1-8(2)11(13(15)16)14-20(17,18)10-5-3-4-9-6-7-19-12(9)10/h3-8,11,14H,1-2H3,(H,15,16)/t11-/m0/s1. The van der Waals surface area contributed by atoms with Crippen molar-refractivity contribution in [1.29, 1.82) is 0 Å². The van der Waals surface area contributed by atoms with Crippen molar-refractivity contribution in [3.05, 3.63) is 30.5 Å². The molecule has 7 heteroatoms. The zero-order valence-corrected chi connectivity index (χ0v) is 11.8. The second-order valence-corrected chi connectivity index (χ2v) is 6.46. The van der Waals surface area contributed by atoms with E-state index in [9.17, 15) is 13.2 Å². The van der Waals surface area contributed by atoms with Gasteiger partial charge in [0.25, 0.3) is 0 Å². The number of sulfonamides is 1. The Balaban J connectivity index is 2.45. The Morgan fingerprint density at radius 1 is 1.30 bits per heavy atom. The van der Waals surface area contributed by atoms with Gasteiger partial charge in [0.1, 0.15) is 10.9 Å². The fraction of sp³-hybridized carbons (Fsp3) is 0.308. The normalized spacial score (nSPS) is 13.8. The number of hydrogen-bond acceptors (Lipinski definition) is 4. The summed E-state index contributed by atoms with van der Waals surface area (Å²) in [5.41, 5.74) is 0.216. The average Bonchev–Trinajstić information content (AvgIpc) is 2.83. The van der Waals surface area contributed by atoms with Crippen LogP contribution in [0, 0.1) is 5.92 Å². The summed E-state index contributed by atoms with van der Waals surface area (Å²) in [5, 5.41) is 9.72. The van der Waals surface area contributed by atoms with Crippen molar-refractivity contribution in [2.75, 3.05) is 0 Å². The minimum absolute atomic E-state index is 0.0631. The highest BCUT2D eigenvalue weighted by Crippen LogP contribution is 2.24. The first-order valence-electron chi connectivity index (χ1n) is 6.04. The predicted octanol–water partition coefficient (Wildman–Crippen LogP) is 1.82. The number of fused-ring (bicyclic) bond motifs is 1. The SMILES string of the molecule is CC(C)[C@H](NS(=O)(=O)c1cccc2ccoc12)C(=O)O. The quantitative estimate of drug-likeness (QED) is 0.877. The van der Waals surface area contributed by atoms with Crippen LogP contribution in [0.25, 0.3) is 11.0 Å². The van der Waals surface area contributed by atoms with Crippen LogP contribution in [0.2, 0.25) is 0 Å². The second-order valence-electron chi connectivity index (χ2n) is 4.78. The van der Waals surface area contributed by atoms with Crippen molar-refractivity contribution < 1.29 is 22.7 Å². The van der Waals surface area contributed by atoms with E-state index in [0.717, 1.165) is 0 Å². The highest BCUT2D eigenvalue weighted by atomic mass is 32.2. The third-order valence-corrected chi connectivity index (χ3v) is 4.41. The number of nitrogens with one attached hydrogen (secondary N) is 1. The van der Waals surface area contributed by atoms with E-state index in [-0.39, 0.29) is 16.4 Å². The maximum Gasteiger partial charge on any atom is 0.322 e. The van der Waals surface area contributed by atoms with Crippen LogP contribution in [0.3, 0.4) is 0 Å². The van der Waals surface area contributed by atoms with Gasteiger partial charge < -0.3 is 9.52 Å². The summed E-state index contributed by atoms with van der Waals surface area (Å²) in [4.78, 5) is 11.1. The molecule has 1 aromatic heterocycles. The van der Waals surface area contributed by atoms with E-state index in [1.807, 2.05) is 0 Å². The molecule has 0 aliphatic heterocycles. The molecule has 0 saturated heterocycles. The Labute approximate surface area is 116 Å². The third kappa shape index (κ3) is 2.68. The number of para-hydroxylation sites is 1. The minimum Gasteiger partial charge on any atom is -0.480 e.